The van der Waals surface area contributed by atoms with E-state index in [9.17, 15) is 9.90 Å². The molecule has 0 radical (unpaired) electrons. The second-order valence-electron chi connectivity index (χ2n) is 5.78. The van der Waals surface area contributed by atoms with E-state index in [1.165, 1.54) is 18.9 Å². The van der Waals surface area contributed by atoms with Crippen LogP contribution >= 0.6 is 35.0 Å². The van der Waals surface area contributed by atoms with E-state index in [0.717, 1.165) is 0 Å². The number of hydrogen-bond donors (Lipinski definition) is 2. The van der Waals surface area contributed by atoms with E-state index in [1.54, 1.807) is 42.5 Å². The minimum absolute atomic E-state index is 0.0610. The highest BCUT2D eigenvalue weighted by molar-refractivity contribution is 8.18. The first-order valence-electron chi connectivity index (χ1n) is 8.17. The molecule has 1 amide bonds. The van der Waals surface area contributed by atoms with E-state index in [2.05, 4.69) is 16.9 Å². The van der Waals surface area contributed by atoms with Gasteiger partial charge < -0.3 is 15.2 Å². The molecule has 0 aliphatic carbocycles. The van der Waals surface area contributed by atoms with Crippen LogP contribution < -0.4 is 10.1 Å². The van der Waals surface area contributed by atoms with Gasteiger partial charge in [0.1, 0.15) is 0 Å². The van der Waals surface area contributed by atoms with Crippen LogP contribution in [0.5, 0.6) is 11.5 Å². The summed E-state index contributed by atoms with van der Waals surface area (Å²) in [6.45, 7) is 3.69. The molecule has 1 aliphatic heterocycles. The minimum atomic E-state index is -0.279. The van der Waals surface area contributed by atoms with Crippen LogP contribution in [0.3, 0.4) is 0 Å². The molecular formula is C20H16Cl2N2O3S. The number of carbonyl (C=O) groups is 1. The molecule has 1 aliphatic rings. The molecular weight excluding hydrogens is 419 g/mol. The third-order valence-electron chi connectivity index (χ3n) is 3.86. The number of halogens is 2. The number of phenols is 1. The molecule has 2 aromatic rings. The first-order valence-corrected chi connectivity index (χ1v) is 9.74. The average molecular weight is 435 g/mol. The summed E-state index contributed by atoms with van der Waals surface area (Å²) >= 11 is 13.3. The van der Waals surface area contributed by atoms with Gasteiger partial charge in [0.15, 0.2) is 16.7 Å². The number of aliphatic imine (C=N–C) groups is 1. The Labute approximate surface area is 176 Å². The zero-order valence-electron chi connectivity index (χ0n) is 14.8. The Kier molecular flexibility index (Phi) is 6.34. The van der Waals surface area contributed by atoms with Crippen molar-refractivity contribution in [2.75, 3.05) is 7.11 Å². The number of benzene rings is 2. The molecule has 0 atom stereocenters. The molecule has 2 aromatic carbocycles. The molecule has 1 saturated heterocycles. The van der Waals surface area contributed by atoms with E-state index in [0.29, 0.717) is 49.1 Å². The minimum Gasteiger partial charge on any atom is -0.504 e. The van der Waals surface area contributed by atoms with Gasteiger partial charge in [0.2, 0.25) is 0 Å². The Morgan fingerprint density at radius 1 is 1.36 bits per heavy atom. The van der Waals surface area contributed by atoms with Crippen LogP contribution in [0.4, 0.5) is 5.69 Å². The zero-order chi connectivity index (χ0) is 20.3. The summed E-state index contributed by atoms with van der Waals surface area (Å²) in [6.07, 6.45) is 3.86. The molecule has 8 heteroatoms. The first-order chi connectivity index (χ1) is 13.4. The lowest BCUT2D eigenvalue weighted by molar-refractivity contribution is -0.115. The maximum Gasteiger partial charge on any atom is 0.264 e. The Hall–Kier alpha value is -2.41. The number of aromatic hydroxyl groups is 1. The number of nitrogens with zero attached hydrogens (tertiary/aromatic N) is 1. The first kappa shape index (κ1) is 20.3. The molecule has 0 spiro atoms. The number of amidine groups is 1. The Balaban J connectivity index is 1.92. The third-order valence-corrected chi connectivity index (χ3v) is 5.58. The van der Waals surface area contributed by atoms with Gasteiger partial charge in [0.05, 0.1) is 27.7 Å². The van der Waals surface area contributed by atoms with Crippen molar-refractivity contribution in [2.45, 2.75) is 6.42 Å². The molecule has 1 fully saturated rings. The van der Waals surface area contributed by atoms with Crippen LogP contribution in [0, 0.1) is 0 Å². The Morgan fingerprint density at radius 3 is 2.86 bits per heavy atom. The standard InChI is InChI=1S/C20H16Cl2N2O3S/c1-3-5-12-8-11(9-15(27-2)18(12)25)10-16-19(26)24-20(28-16)23-14-7-4-6-13(21)17(14)22/h3-4,6-10,25H,1,5H2,2H3,(H,23,24,26)/b16-10+. The van der Waals surface area contributed by atoms with E-state index < -0.39 is 0 Å². The van der Waals surface area contributed by atoms with Crippen molar-refractivity contribution >= 4 is 57.8 Å². The number of nitrogens with one attached hydrogen (secondary N) is 1. The topological polar surface area (TPSA) is 70.9 Å². The molecule has 5 nitrogen and oxygen atoms in total. The number of amides is 1. The van der Waals surface area contributed by atoms with Crippen LogP contribution in [0.1, 0.15) is 11.1 Å². The van der Waals surface area contributed by atoms with Gasteiger partial charge in [-0.15, -0.1) is 6.58 Å². The van der Waals surface area contributed by atoms with Crippen molar-refractivity contribution < 1.29 is 14.6 Å². The summed E-state index contributed by atoms with van der Waals surface area (Å²) in [5.74, 6) is 0.111. The summed E-state index contributed by atoms with van der Waals surface area (Å²) in [5.41, 5.74) is 1.84. The van der Waals surface area contributed by atoms with Crippen molar-refractivity contribution in [3.05, 3.63) is 69.1 Å². The molecule has 0 bridgehead atoms. The van der Waals surface area contributed by atoms with E-state index >= 15 is 0 Å². The van der Waals surface area contributed by atoms with Gasteiger partial charge in [-0.1, -0.05) is 35.3 Å². The summed E-state index contributed by atoms with van der Waals surface area (Å²) in [5, 5.41) is 14.0. The van der Waals surface area contributed by atoms with Gasteiger partial charge >= 0.3 is 0 Å². The van der Waals surface area contributed by atoms with E-state index in [1.807, 2.05) is 0 Å². The highest BCUT2D eigenvalue weighted by Gasteiger charge is 2.24. The van der Waals surface area contributed by atoms with Crippen molar-refractivity contribution in [1.29, 1.82) is 0 Å². The van der Waals surface area contributed by atoms with Gasteiger partial charge in [0, 0.05) is 5.56 Å². The second kappa shape index (κ2) is 8.73. The average Bonchev–Trinajstić information content (AvgIpc) is 3.00. The third kappa shape index (κ3) is 4.35. The normalized spacial score (nSPS) is 16.5. The van der Waals surface area contributed by atoms with Crippen molar-refractivity contribution in [3.63, 3.8) is 0 Å². The molecule has 0 aromatic heterocycles. The van der Waals surface area contributed by atoms with Crippen LogP contribution in [0.2, 0.25) is 10.0 Å². The fourth-order valence-corrected chi connectivity index (χ4v) is 3.73. The fraction of sp³-hybridized carbons (Fsp3) is 0.100. The maximum absolute atomic E-state index is 12.3. The van der Waals surface area contributed by atoms with Crippen LogP contribution in [0.25, 0.3) is 6.08 Å². The van der Waals surface area contributed by atoms with Crippen molar-refractivity contribution in [1.82, 2.24) is 5.32 Å². The Bertz CT molecular complexity index is 1020. The van der Waals surface area contributed by atoms with Gasteiger partial charge in [0.25, 0.3) is 5.91 Å². The van der Waals surface area contributed by atoms with Crippen LogP contribution in [-0.2, 0) is 11.2 Å². The smallest absolute Gasteiger partial charge is 0.264 e. The summed E-state index contributed by atoms with van der Waals surface area (Å²) < 4.78 is 5.22. The number of phenolic OH excluding ortho intramolecular Hbond substituents is 1. The highest BCUT2D eigenvalue weighted by Crippen LogP contribution is 2.36. The number of carbonyl (C=O) groups excluding carboxylic acids is 1. The SMILES string of the molecule is C=CCc1cc(/C=C2/SC(=Nc3cccc(Cl)c3Cl)NC2=O)cc(OC)c1O. The van der Waals surface area contributed by atoms with Crippen molar-refractivity contribution in [2.24, 2.45) is 4.99 Å². The monoisotopic (exact) mass is 434 g/mol. The van der Waals surface area contributed by atoms with Gasteiger partial charge in [-0.3, -0.25) is 4.79 Å². The lowest BCUT2D eigenvalue weighted by Crippen LogP contribution is -2.19. The van der Waals surface area contributed by atoms with Crippen molar-refractivity contribution in [3.8, 4) is 11.5 Å². The molecule has 0 unspecified atom stereocenters. The van der Waals surface area contributed by atoms with Gasteiger partial charge in [-0.25, -0.2) is 4.99 Å². The number of allylic oxidation sites excluding steroid dienone is 1. The fourth-order valence-electron chi connectivity index (χ4n) is 2.56. The molecule has 1 heterocycles. The number of hydrogen-bond acceptors (Lipinski definition) is 5. The highest BCUT2D eigenvalue weighted by atomic mass is 35.5. The van der Waals surface area contributed by atoms with Crippen LogP contribution in [-0.4, -0.2) is 23.3 Å². The Morgan fingerprint density at radius 2 is 2.14 bits per heavy atom. The quantitative estimate of drug-likeness (QED) is 0.492. The number of ether oxygens (including phenoxy) is 1. The molecule has 144 valence electrons. The molecule has 28 heavy (non-hydrogen) atoms. The zero-order valence-corrected chi connectivity index (χ0v) is 17.2. The lowest BCUT2D eigenvalue weighted by Gasteiger charge is -2.09. The maximum atomic E-state index is 12.3. The van der Waals surface area contributed by atoms with E-state index in [4.69, 9.17) is 27.9 Å². The van der Waals surface area contributed by atoms with E-state index in [-0.39, 0.29) is 11.7 Å². The predicted octanol–water partition coefficient (Wildman–Crippen LogP) is 5.33. The second-order valence-corrected chi connectivity index (χ2v) is 7.59. The predicted molar refractivity (Wildman–Crippen MR) is 116 cm³/mol. The summed E-state index contributed by atoms with van der Waals surface area (Å²) in [4.78, 5) is 17.1. The summed E-state index contributed by atoms with van der Waals surface area (Å²) in [7, 11) is 1.47. The molecule has 2 N–H and O–H groups in total. The number of thioether (sulfide) groups is 1. The number of methoxy groups -OCH3 is 1. The molecule has 3 rings (SSSR count). The van der Waals surface area contributed by atoms with Gasteiger partial charge in [-0.2, -0.15) is 0 Å². The number of rotatable bonds is 5. The largest absolute Gasteiger partial charge is 0.504 e. The van der Waals surface area contributed by atoms with Crippen LogP contribution in [0.15, 0.2) is 52.9 Å². The lowest BCUT2D eigenvalue weighted by atomic mass is 10.1. The summed E-state index contributed by atoms with van der Waals surface area (Å²) in [6, 6.07) is 8.55. The van der Waals surface area contributed by atoms with Gasteiger partial charge in [-0.05, 0) is 54.1 Å². The molecule has 0 saturated carbocycles.